The van der Waals surface area contributed by atoms with E-state index in [4.69, 9.17) is 4.74 Å². The minimum absolute atomic E-state index is 0.0345. The van der Waals surface area contributed by atoms with Crippen molar-refractivity contribution in [2.24, 2.45) is 5.92 Å². The molecule has 1 aliphatic rings. The number of hydrogen-bond donors (Lipinski definition) is 1. The summed E-state index contributed by atoms with van der Waals surface area (Å²) in [6, 6.07) is 12.6. The van der Waals surface area contributed by atoms with Crippen molar-refractivity contribution >= 4 is 11.6 Å². The lowest BCUT2D eigenvalue weighted by molar-refractivity contribution is -0.120. The highest BCUT2D eigenvalue weighted by Gasteiger charge is 2.33. The summed E-state index contributed by atoms with van der Waals surface area (Å²) < 4.78 is 19.9. The van der Waals surface area contributed by atoms with Crippen LogP contribution >= 0.6 is 0 Å². The Morgan fingerprint density at radius 1 is 1.26 bits per heavy atom. The van der Waals surface area contributed by atoms with E-state index in [1.165, 1.54) is 6.07 Å². The van der Waals surface area contributed by atoms with Crippen LogP contribution in [-0.2, 0) is 11.2 Å². The molecule has 27 heavy (non-hydrogen) atoms. The molecule has 1 aliphatic heterocycles. The van der Waals surface area contributed by atoms with Gasteiger partial charge in [-0.2, -0.15) is 5.10 Å². The second-order valence-electron chi connectivity index (χ2n) is 6.68. The van der Waals surface area contributed by atoms with Crippen molar-refractivity contribution in [3.05, 3.63) is 66.2 Å². The number of nitrogens with one attached hydrogen (secondary N) is 1. The number of ether oxygens (including phenoxy) is 1. The SMILES string of the molecule is COc1cccc(CC2CCN(c3ccc(-c4cn[nH]c4)cc3F)C2=O)c1. The predicted molar refractivity (Wildman–Crippen MR) is 101 cm³/mol. The first-order chi connectivity index (χ1) is 13.2. The first-order valence-corrected chi connectivity index (χ1v) is 8.88. The van der Waals surface area contributed by atoms with Gasteiger partial charge in [-0.1, -0.05) is 18.2 Å². The number of halogens is 1. The van der Waals surface area contributed by atoms with Gasteiger partial charge in [-0.05, 0) is 48.2 Å². The summed E-state index contributed by atoms with van der Waals surface area (Å²) in [5.74, 6) is 0.192. The van der Waals surface area contributed by atoms with Crippen LogP contribution in [0.5, 0.6) is 5.75 Å². The third-order valence-electron chi connectivity index (χ3n) is 5.00. The molecule has 2 aromatic carbocycles. The Labute approximate surface area is 156 Å². The van der Waals surface area contributed by atoms with Crippen molar-refractivity contribution in [2.75, 3.05) is 18.6 Å². The number of nitrogens with zero attached hydrogens (tertiary/aromatic N) is 2. The fourth-order valence-corrected chi connectivity index (χ4v) is 3.57. The summed E-state index contributed by atoms with van der Waals surface area (Å²) >= 11 is 0. The monoisotopic (exact) mass is 365 g/mol. The van der Waals surface area contributed by atoms with Gasteiger partial charge >= 0.3 is 0 Å². The molecule has 0 aliphatic carbocycles. The molecule has 6 heteroatoms. The number of benzene rings is 2. The molecule has 5 nitrogen and oxygen atoms in total. The van der Waals surface area contributed by atoms with E-state index < -0.39 is 5.82 Å². The van der Waals surface area contributed by atoms with Crippen LogP contribution in [0.3, 0.4) is 0 Å². The highest BCUT2D eigenvalue weighted by molar-refractivity contribution is 5.97. The average Bonchev–Trinajstić information content (AvgIpc) is 3.33. The Balaban J connectivity index is 1.51. The van der Waals surface area contributed by atoms with Crippen LogP contribution in [0.25, 0.3) is 11.1 Å². The van der Waals surface area contributed by atoms with E-state index in [1.54, 1.807) is 30.5 Å². The second-order valence-corrected chi connectivity index (χ2v) is 6.68. The minimum atomic E-state index is -0.399. The third kappa shape index (κ3) is 3.43. The molecule has 1 saturated heterocycles. The van der Waals surface area contributed by atoms with E-state index in [1.807, 2.05) is 30.3 Å². The summed E-state index contributed by atoms with van der Waals surface area (Å²) in [6.45, 7) is 0.523. The number of amides is 1. The predicted octanol–water partition coefficient (Wildman–Crippen LogP) is 3.82. The maximum Gasteiger partial charge on any atom is 0.230 e. The van der Waals surface area contributed by atoms with Crippen molar-refractivity contribution in [1.82, 2.24) is 10.2 Å². The van der Waals surface area contributed by atoms with Crippen molar-refractivity contribution in [3.8, 4) is 16.9 Å². The smallest absolute Gasteiger partial charge is 0.230 e. The molecule has 1 atom stereocenters. The number of methoxy groups -OCH3 is 1. The highest BCUT2D eigenvalue weighted by atomic mass is 19.1. The topological polar surface area (TPSA) is 58.2 Å². The van der Waals surface area contributed by atoms with Crippen molar-refractivity contribution in [2.45, 2.75) is 12.8 Å². The number of H-pyrrole nitrogens is 1. The summed E-state index contributed by atoms with van der Waals surface area (Å²) in [6.07, 6.45) is 4.68. The number of anilines is 1. The van der Waals surface area contributed by atoms with Gasteiger partial charge in [0.25, 0.3) is 0 Å². The molecule has 0 saturated carbocycles. The molecule has 1 amide bonds. The second kappa shape index (κ2) is 7.23. The summed E-state index contributed by atoms with van der Waals surface area (Å²) in [7, 11) is 1.62. The van der Waals surface area contributed by atoms with Crippen LogP contribution in [0, 0.1) is 11.7 Å². The zero-order chi connectivity index (χ0) is 18.8. The van der Waals surface area contributed by atoms with E-state index in [2.05, 4.69) is 10.2 Å². The Kier molecular flexibility index (Phi) is 4.62. The third-order valence-corrected chi connectivity index (χ3v) is 5.00. The quantitative estimate of drug-likeness (QED) is 0.748. The number of hydrogen-bond acceptors (Lipinski definition) is 3. The van der Waals surface area contributed by atoms with Gasteiger partial charge in [0, 0.05) is 24.2 Å². The summed E-state index contributed by atoms with van der Waals surface area (Å²) in [5.41, 5.74) is 2.92. The van der Waals surface area contributed by atoms with Crippen LogP contribution in [0.1, 0.15) is 12.0 Å². The Bertz CT molecular complexity index is 956. The maximum absolute atomic E-state index is 14.7. The van der Waals surface area contributed by atoms with Crippen LogP contribution in [-0.4, -0.2) is 29.8 Å². The van der Waals surface area contributed by atoms with Gasteiger partial charge in [-0.3, -0.25) is 9.89 Å². The van der Waals surface area contributed by atoms with Gasteiger partial charge < -0.3 is 9.64 Å². The number of rotatable bonds is 5. The van der Waals surface area contributed by atoms with Crippen LogP contribution in [0.4, 0.5) is 10.1 Å². The molecule has 1 N–H and O–H groups in total. The lowest BCUT2D eigenvalue weighted by Gasteiger charge is -2.18. The molecule has 1 fully saturated rings. The molecule has 0 radical (unpaired) electrons. The van der Waals surface area contributed by atoms with Gasteiger partial charge in [-0.15, -0.1) is 0 Å². The maximum atomic E-state index is 14.7. The molecule has 1 unspecified atom stereocenters. The lowest BCUT2D eigenvalue weighted by Crippen LogP contribution is -2.28. The largest absolute Gasteiger partial charge is 0.497 e. The Morgan fingerprint density at radius 2 is 2.15 bits per heavy atom. The molecule has 4 rings (SSSR count). The van der Waals surface area contributed by atoms with Crippen molar-refractivity contribution < 1.29 is 13.9 Å². The molecular weight excluding hydrogens is 345 g/mol. The van der Waals surface area contributed by atoms with Crippen molar-refractivity contribution in [1.29, 1.82) is 0 Å². The number of carbonyl (C=O) groups is 1. The van der Waals surface area contributed by atoms with Crippen LogP contribution < -0.4 is 9.64 Å². The van der Waals surface area contributed by atoms with Crippen molar-refractivity contribution in [3.63, 3.8) is 0 Å². The average molecular weight is 365 g/mol. The molecule has 0 bridgehead atoms. The Hall–Kier alpha value is -3.15. The van der Waals surface area contributed by atoms with E-state index >= 15 is 0 Å². The van der Waals surface area contributed by atoms with E-state index in [0.717, 1.165) is 22.4 Å². The molecule has 138 valence electrons. The van der Waals surface area contributed by atoms with E-state index in [0.29, 0.717) is 25.1 Å². The van der Waals surface area contributed by atoms with Gasteiger partial charge in [0.1, 0.15) is 11.6 Å². The van der Waals surface area contributed by atoms with Gasteiger partial charge in [0.15, 0.2) is 0 Å². The van der Waals surface area contributed by atoms with Gasteiger partial charge in [-0.25, -0.2) is 4.39 Å². The first kappa shape index (κ1) is 17.3. The fraction of sp³-hybridized carbons (Fsp3) is 0.238. The number of aromatic nitrogens is 2. The number of aromatic amines is 1. The lowest BCUT2D eigenvalue weighted by atomic mass is 9.98. The fourth-order valence-electron chi connectivity index (χ4n) is 3.57. The Morgan fingerprint density at radius 3 is 2.89 bits per heavy atom. The van der Waals surface area contributed by atoms with Gasteiger partial charge in [0.05, 0.1) is 19.0 Å². The minimum Gasteiger partial charge on any atom is -0.497 e. The normalized spacial score (nSPS) is 16.7. The first-order valence-electron chi connectivity index (χ1n) is 8.88. The molecule has 1 aromatic heterocycles. The van der Waals surface area contributed by atoms with Crippen LogP contribution in [0.15, 0.2) is 54.9 Å². The van der Waals surface area contributed by atoms with E-state index in [9.17, 15) is 9.18 Å². The number of carbonyl (C=O) groups excluding carboxylic acids is 1. The molecule has 2 heterocycles. The zero-order valence-electron chi connectivity index (χ0n) is 15.0. The standard InChI is InChI=1S/C21H20FN3O2/c1-27-18-4-2-3-14(10-18)9-16-7-8-25(21(16)26)20-6-5-15(11-19(20)22)17-12-23-24-13-17/h2-6,10-13,16H,7-9H2,1H3,(H,23,24). The van der Waals surface area contributed by atoms with Gasteiger partial charge in [0.2, 0.25) is 5.91 Å². The molecule has 3 aromatic rings. The highest BCUT2D eigenvalue weighted by Crippen LogP contribution is 2.32. The van der Waals surface area contributed by atoms with E-state index in [-0.39, 0.29) is 11.8 Å². The van der Waals surface area contributed by atoms with Crippen LogP contribution in [0.2, 0.25) is 0 Å². The summed E-state index contributed by atoms with van der Waals surface area (Å²) in [4.78, 5) is 14.4. The molecule has 0 spiro atoms. The summed E-state index contributed by atoms with van der Waals surface area (Å²) in [5, 5.41) is 6.60. The zero-order valence-corrected chi connectivity index (χ0v) is 15.0. The molecular formula is C21H20FN3O2.